The lowest BCUT2D eigenvalue weighted by Gasteiger charge is -2.30. The number of likely N-dealkylation sites (tertiary alicyclic amines) is 1. The molecule has 1 fully saturated rings. The predicted octanol–water partition coefficient (Wildman–Crippen LogP) is 2.76. The number of aromatic nitrogens is 4. The van der Waals surface area contributed by atoms with Gasteiger partial charge in [-0.2, -0.15) is 0 Å². The second kappa shape index (κ2) is 5.50. The van der Waals surface area contributed by atoms with Crippen LogP contribution in [-0.4, -0.2) is 44.6 Å². The van der Waals surface area contributed by atoms with E-state index in [1.807, 2.05) is 30.6 Å². The van der Waals surface area contributed by atoms with E-state index < -0.39 is 0 Å². The summed E-state index contributed by atoms with van der Waals surface area (Å²) in [5.74, 6) is 0.983. The van der Waals surface area contributed by atoms with Gasteiger partial charge in [0.25, 0.3) is 0 Å². The third-order valence-corrected chi connectivity index (χ3v) is 4.42. The van der Waals surface area contributed by atoms with Crippen molar-refractivity contribution in [2.24, 2.45) is 0 Å². The van der Waals surface area contributed by atoms with Gasteiger partial charge in [-0.05, 0) is 57.2 Å². The van der Waals surface area contributed by atoms with E-state index in [9.17, 15) is 0 Å². The molecule has 5 nitrogen and oxygen atoms in total. The van der Waals surface area contributed by atoms with Crippen LogP contribution in [0.2, 0.25) is 0 Å². The zero-order valence-corrected chi connectivity index (χ0v) is 12.7. The zero-order valence-electron chi connectivity index (χ0n) is 12.7. The second-order valence-corrected chi connectivity index (χ2v) is 5.93. The maximum absolute atomic E-state index is 4.82. The first kappa shape index (κ1) is 13.4. The van der Waals surface area contributed by atoms with Gasteiger partial charge in [-0.15, -0.1) is 0 Å². The Hall–Kier alpha value is -2.27. The van der Waals surface area contributed by atoms with Crippen molar-refractivity contribution in [3.8, 4) is 11.4 Å². The summed E-state index contributed by atoms with van der Waals surface area (Å²) in [5, 5.41) is 0. The quantitative estimate of drug-likeness (QED) is 0.729. The maximum atomic E-state index is 4.82. The molecule has 1 saturated heterocycles. The van der Waals surface area contributed by atoms with Crippen LogP contribution < -0.4 is 0 Å². The van der Waals surface area contributed by atoms with Crippen molar-refractivity contribution in [3.05, 3.63) is 42.9 Å². The van der Waals surface area contributed by atoms with E-state index in [1.165, 1.54) is 0 Å². The minimum atomic E-state index is 0.450. The van der Waals surface area contributed by atoms with Crippen molar-refractivity contribution in [1.29, 1.82) is 0 Å². The van der Waals surface area contributed by atoms with Crippen LogP contribution in [0.5, 0.6) is 0 Å². The smallest absolute Gasteiger partial charge is 0.160 e. The van der Waals surface area contributed by atoms with E-state index in [1.54, 1.807) is 6.20 Å². The number of imidazole rings is 1. The average Bonchev–Trinajstić information content (AvgIpc) is 2.96. The average molecular weight is 293 g/mol. The molecule has 22 heavy (non-hydrogen) atoms. The molecule has 0 unspecified atom stereocenters. The van der Waals surface area contributed by atoms with Crippen molar-refractivity contribution < 1.29 is 0 Å². The molecule has 3 aromatic heterocycles. The van der Waals surface area contributed by atoms with E-state index >= 15 is 0 Å². The maximum Gasteiger partial charge on any atom is 0.160 e. The summed E-state index contributed by atoms with van der Waals surface area (Å²) in [4.78, 5) is 16.0. The van der Waals surface area contributed by atoms with Crippen LogP contribution >= 0.6 is 0 Å². The van der Waals surface area contributed by atoms with Gasteiger partial charge in [0.15, 0.2) is 5.65 Å². The third kappa shape index (κ3) is 2.27. The van der Waals surface area contributed by atoms with Crippen LogP contribution in [0.15, 0.2) is 42.9 Å². The van der Waals surface area contributed by atoms with Crippen LogP contribution in [0, 0.1) is 0 Å². The molecule has 0 saturated carbocycles. The lowest BCUT2D eigenvalue weighted by molar-refractivity contribution is 0.224. The molecule has 1 aliphatic heterocycles. The molecule has 0 aliphatic carbocycles. The Labute approximate surface area is 129 Å². The molecule has 3 aromatic rings. The zero-order chi connectivity index (χ0) is 14.9. The van der Waals surface area contributed by atoms with E-state index in [0.717, 1.165) is 48.5 Å². The number of fused-ring (bicyclic) bond motifs is 1. The van der Waals surface area contributed by atoms with Gasteiger partial charge in [0.2, 0.25) is 0 Å². The Morgan fingerprint density at radius 2 is 1.91 bits per heavy atom. The van der Waals surface area contributed by atoms with Gasteiger partial charge < -0.3 is 9.47 Å². The van der Waals surface area contributed by atoms with Gasteiger partial charge in [-0.3, -0.25) is 4.98 Å². The summed E-state index contributed by atoms with van der Waals surface area (Å²) in [7, 11) is 2.18. The summed E-state index contributed by atoms with van der Waals surface area (Å²) >= 11 is 0. The SMILES string of the molecule is CN1CCC(n2c(-c3cccnc3)nc3cccnc32)CC1. The largest absolute Gasteiger partial charge is 0.306 e. The lowest BCUT2D eigenvalue weighted by Crippen LogP contribution is -2.31. The van der Waals surface area contributed by atoms with E-state index in [0.29, 0.717) is 6.04 Å². The van der Waals surface area contributed by atoms with E-state index in [-0.39, 0.29) is 0 Å². The molecule has 0 amide bonds. The molecule has 112 valence electrons. The van der Waals surface area contributed by atoms with Gasteiger partial charge >= 0.3 is 0 Å². The van der Waals surface area contributed by atoms with Crippen molar-refractivity contribution in [2.75, 3.05) is 20.1 Å². The fraction of sp³-hybridized carbons (Fsp3) is 0.353. The standard InChI is InChI=1S/C17H19N5/c1-21-10-6-14(7-11-21)22-16(13-4-2-8-18-12-13)20-15-5-3-9-19-17(15)22/h2-5,8-9,12,14H,6-7,10-11H2,1H3. The normalized spacial score (nSPS) is 17.1. The van der Waals surface area contributed by atoms with E-state index in [4.69, 9.17) is 4.98 Å². The number of hydrogen-bond donors (Lipinski definition) is 0. The van der Waals surface area contributed by atoms with Crippen molar-refractivity contribution in [2.45, 2.75) is 18.9 Å². The Kier molecular flexibility index (Phi) is 3.35. The lowest BCUT2D eigenvalue weighted by atomic mass is 10.0. The summed E-state index contributed by atoms with van der Waals surface area (Å²) in [6.45, 7) is 2.23. The van der Waals surface area contributed by atoms with Crippen LogP contribution in [0.1, 0.15) is 18.9 Å². The minimum Gasteiger partial charge on any atom is -0.306 e. The number of rotatable bonds is 2. The molecule has 0 atom stereocenters. The summed E-state index contributed by atoms with van der Waals surface area (Å²) in [6, 6.07) is 8.46. The summed E-state index contributed by atoms with van der Waals surface area (Å²) < 4.78 is 2.32. The third-order valence-electron chi connectivity index (χ3n) is 4.42. The van der Waals surface area contributed by atoms with Gasteiger partial charge in [-0.25, -0.2) is 9.97 Å². The molecule has 0 bridgehead atoms. The first-order chi connectivity index (χ1) is 10.8. The topological polar surface area (TPSA) is 46.8 Å². The Bertz CT molecular complexity index is 772. The monoisotopic (exact) mass is 293 g/mol. The second-order valence-electron chi connectivity index (χ2n) is 5.93. The molecule has 1 aliphatic rings. The number of piperidine rings is 1. The predicted molar refractivity (Wildman–Crippen MR) is 86.5 cm³/mol. The molecule has 0 radical (unpaired) electrons. The number of pyridine rings is 2. The van der Waals surface area contributed by atoms with Gasteiger partial charge in [-0.1, -0.05) is 0 Å². The summed E-state index contributed by atoms with van der Waals surface area (Å²) in [5.41, 5.74) is 3.00. The Morgan fingerprint density at radius 3 is 2.68 bits per heavy atom. The van der Waals surface area contributed by atoms with Crippen molar-refractivity contribution >= 4 is 11.2 Å². The molecular weight excluding hydrogens is 274 g/mol. The fourth-order valence-electron chi connectivity index (χ4n) is 3.23. The molecule has 5 heteroatoms. The first-order valence-electron chi connectivity index (χ1n) is 7.75. The van der Waals surface area contributed by atoms with Gasteiger partial charge in [0.1, 0.15) is 11.3 Å². The Morgan fingerprint density at radius 1 is 1.09 bits per heavy atom. The molecule has 0 aromatic carbocycles. The molecule has 0 spiro atoms. The fourth-order valence-corrected chi connectivity index (χ4v) is 3.23. The minimum absolute atomic E-state index is 0.450. The van der Waals surface area contributed by atoms with Crippen molar-refractivity contribution in [3.63, 3.8) is 0 Å². The van der Waals surface area contributed by atoms with Gasteiger partial charge in [0, 0.05) is 30.2 Å². The molecule has 4 rings (SSSR count). The molecule has 0 N–H and O–H groups in total. The molecule has 4 heterocycles. The highest BCUT2D eigenvalue weighted by Gasteiger charge is 2.24. The summed E-state index contributed by atoms with van der Waals surface area (Å²) in [6.07, 6.45) is 7.79. The number of nitrogens with zero attached hydrogens (tertiary/aromatic N) is 5. The number of hydrogen-bond acceptors (Lipinski definition) is 4. The Balaban J connectivity index is 1.87. The van der Waals surface area contributed by atoms with Crippen LogP contribution in [-0.2, 0) is 0 Å². The van der Waals surface area contributed by atoms with Crippen LogP contribution in [0.4, 0.5) is 0 Å². The van der Waals surface area contributed by atoms with Gasteiger partial charge in [0.05, 0.1) is 0 Å². The highest BCUT2D eigenvalue weighted by Crippen LogP contribution is 2.31. The van der Waals surface area contributed by atoms with Crippen LogP contribution in [0.3, 0.4) is 0 Å². The highest BCUT2D eigenvalue weighted by molar-refractivity contribution is 5.77. The first-order valence-corrected chi connectivity index (χ1v) is 7.75. The highest BCUT2D eigenvalue weighted by atomic mass is 15.2. The van der Waals surface area contributed by atoms with Crippen LogP contribution in [0.25, 0.3) is 22.6 Å². The molecular formula is C17H19N5. The van der Waals surface area contributed by atoms with E-state index in [2.05, 4.69) is 32.5 Å². The van der Waals surface area contributed by atoms with Crippen molar-refractivity contribution in [1.82, 2.24) is 24.4 Å².